The molecular weight excluding hydrogens is 274 g/mol. The molecule has 7 nitrogen and oxygen atoms in total. The van der Waals surface area contributed by atoms with Gasteiger partial charge in [-0.05, 0) is 5.56 Å². The molecule has 1 unspecified atom stereocenters. The summed E-state index contributed by atoms with van der Waals surface area (Å²) >= 11 is 0. The number of carbonyl (C=O) groups is 3. The van der Waals surface area contributed by atoms with Crippen LogP contribution in [0.25, 0.3) is 0 Å². The quantitative estimate of drug-likeness (QED) is 0.720. The first kappa shape index (κ1) is 14.8. The van der Waals surface area contributed by atoms with Crippen molar-refractivity contribution in [2.75, 3.05) is 13.1 Å². The van der Waals surface area contributed by atoms with Gasteiger partial charge in [-0.2, -0.15) is 0 Å². The number of likely N-dealkylation sites (tertiary alicyclic amines) is 1. The van der Waals surface area contributed by atoms with Crippen LogP contribution >= 0.6 is 0 Å². The standard InChI is InChI=1S/C14H17N3O4/c18-12-6-11(16-14(21)15-7-13(19)20)9-17(12)8-10-4-2-1-3-5-10/h1-5,11H,6-9H2,(H,19,20)(H2,15,16,21). The highest BCUT2D eigenvalue weighted by atomic mass is 16.4. The molecule has 2 rings (SSSR count). The van der Waals surface area contributed by atoms with Gasteiger partial charge in [-0.25, -0.2) is 4.79 Å². The van der Waals surface area contributed by atoms with E-state index in [2.05, 4.69) is 10.6 Å². The minimum atomic E-state index is -1.11. The van der Waals surface area contributed by atoms with Crippen molar-refractivity contribution in [2.45, 2.75) is 19.0 Å². The van der Waals surface area contributed by atoms with Crippen LogP contribution in [0.5, 0.6) is 0 Å². The van der Waals surface area contributed by atoms with Crippen LogP contribution in [0.2, 0.25) is 0 Å². The summed E-state index contributed by atoms with van der Waals surface area (Å²) in [5.41, 5.74) is 1.03. The summed E-state index contributed by atoms with van der Waals surface area (Å²) in [6.45, 7) is 0.489. The van der Waals surface area contributed by atoms with Crippen LogP contribution in [0.3, 0.4) is 0 Å². The zero-order valence-corrected chi connectivity index (χ0v) is 11.4. The molecule has 1 aromatic carbocycles. The number of carboxylic acid groups (broad SMARTS) is 1. The van der Waals surface area contributed by atoms with Crippen LogP contribution in [0.1, 0.15) is 12.0 Å². The summed E-state index contributed by atoms with van der Waals surface area (Å²) in [5.74, 6) is -1.14. The Morgan fingerprint density at radius 3 is 2.67 bits per heavy atom. The lowest BCUT2D eigenvalue weighted by molar-refractivity contribution is -0.135. The van der Waals surface area contributed by atoms with E-state index >= 15 is 0 Å². The molecule has 0 spiro atoms. The number of amides is 3. The van der Waals surface area contributed by atoms with Gasteiger partial charge in [0, 0.05) is 19.5 Å². The van der Waals surface area contributed by atoms with Crippen LogP contribution in [-0.4, -0.2) is 47.0 Å². The van der Waals surface area contributed by atoms with Crippen molar-refractivity contribution in [2.24, 2.45) is 0 Å². The largest absolute Gasteiger partial charge is 0.480 e. The van der Waals surface area contributed by atoms with Gasteiger partial charge in [0.05, 0.1) is 6.04 Å². The number of carbonyl (C=O) groups excluding carboxylic acids is 2. The third-order valence-electron chi connectivity index (χ3n) is 3.17. The zero-order valence-electron chi connectivity index (χ0n) is 11.4. The number of nitrogens with zero attached hydrogens (tertiary/aromatic N) is 1. The van der Waals surface area contributed by atoms with Crippen LogP contribution in [0, 0.1) is 0 Å². The number of rotatable bonds is 5. The highest BCUT2D eigenvalue weighted by Crippen LogP contribution is 2.14. The molecular formula is C14H17N3O4. The second-order valence-electron chi connectivity index (χ2n) is 4.88. The summed E-state index contributed by atoms with van der Waals surface area (Å²) < 4.78 is 0. The van der Waals surface area contributed by atoms with E-state index in [0.29, 0.717) is 13.1 Å². The fraction of sp³-hybridized carbons (Fsp3) is 0.357. The predicted octanol–water partition coefficient (Wildman–Crippen LogP) is 0.171. The number of aliphatic carboxylic acids is 1. The normalized spacial score (nSPS) is 17.6. The van der Waals surface area contributed by atoms with E-state index in [-0.39, 0.29) is 18.4 Å². The smallest absolute Gasteiger partial charge is 0.323 e. The van der Waals surface area contributed by atoms with E-state index in [1.807, 2.05) is 30.3 Å². The van der Waals surface area contributed by atoms with Gasteiger partial charge in [-0.1, -0.05) is 30.3 Å². The number of hydrogen-bond donors (Lipinski definition) is 3. The van der Waals surface area contributed by atoms with E-state index in [4.69, 9.17) is 5.11 Å². The van der Waals surface area contributed by atoms with E-state index in [1.54, 1.807) is 4.90 Å². The molecule has 0 aromatic heterocycles. The Labute approximate surface area is 121 Å². The maximum atomic E-state index is 11.9. The van der Waals surface area contributed by atoms with E-state index in [0.717, 1.165) is 5.56 Å². The Balaban J connectivity index is 1.82. The minimum Gasteiger partial charge on any atom is -0.480 e. The van der Waals surface area contributed by atoms with E-state index in [1.165, 1.54) is 0 Å². The summed E-state index contributed by atoms with van der Waals surface area (Å²) in [6.07, 6.45) is 0.229. The molecule has 112 valence electrons. The highest BCUT2D eigenvalue weighted by Gasteiger charge is 2.30. The molecule has 3 amide bonds. The predicted molar refractivity (Wildman–Crippen MR) is 74.4 cm³/mol. The van der Waals surface area contributed by atoms with Crippen LogP contribution < -0.4 is 10.6 Å². The average Bonchev–Trinajstić information content (AvgIpc) is 2.77. The molecule has 0 aliphatic carbocycles. The Morgan fingerprint density at radius 2 is 2.00 bits per heavy atom. The van der Waals surface area contributed by atoms with Gasteiger partial charge in [-0.15, -0.1) is 0 Å². The first-order valence-corrected chi connectivity index (χ1v) is 6.62. The van der Waals surface area contributed by atoms with Crippen LogP contribution in [0.15, 0.2) is 30.3 Å². The lowest BCUT2D eigenvalue weighted by Gasteiger charge is -2.17. The van der Waals surface area contributed by atoms with Crippen molar-refractivity contribution in [3.8, 4) is 0 Å². The third-order valence-corrected chi connectivity index (χ3v) is 3.17. The lowest BCUT2D eigenvalue weighted by atomic mass is 10.2. The second-order valence-corrected chi connectivity index (χ2v) is 4.88. The second kappa shape index (κ2) is 6.74. The number of carboxylic acids is 1. The molecule has 1 fully saturated rings. The Hall–Kier alpha value is -2.57. The maximum Gasteiger partial charge on any atom is 0.323 e. The maximum absolute atomic E-state index is 11.9. The fourth-order valence-electron chi connectivity index (χ4n) is 2.22. The Kier molecular flexibility index (Phi) is 4.76. The van der Waals surface area contributed by atoms with E-state index in [9.17, 15) is 14.4 Å². The molecule has 3 N–H and O–H groups in total. The third kappa shape index (κ3) is 4.48. The first-order valence-electron chi connectivity index (χ1n) is 6.62. The molecule has 1 atom stereocenters. The monoisotopic (exact) mass is 291 g/mol. The van der Waals surface area contributed by atoms with Crippen molar-refractivity contribution in [3.63, 3.8) is 0 Å². The molecule has 7 heteroatoms. The summed E-state index contributed by atoms with van der Waals surface area (Å²) in [7, 11) is 0. The van der Waals surface area contributed by atoms with Crippen molar-refractivity contribution in [3.05, 3.63) is 35.9 Å². The number of urea groups is 1. The topological polar surface area (TPSA) is 98.7 Å². The van der Waals surface area contributed by atoms with Crippen molar-refractivity contribution in [1.82, 2.24) is 15.5 Å². The number of benzene rings is 1. The molecule has 0 radical (unpaired) electrons. The Morgan fingerprint density at radius 1 is 1.29 bits per heavy atom. The van der Waals surface area contributed by atoms with Gasteiger partial charge in [0.25, 0.3) is 0 Å². The summed E-state index contributed by atoms with van der Waals surface area (Å²) in [4.78, 5) is 35.4. The van der Waals surface area contributed by atoms with Gasteiger partial charge in [-0.3, -0.25) is 9.59 Å². The highest BCUT2D eigenvalue weighted by molar-refractivity contribution is 5.83. The van der Waals surface area contributed by atoms with Crippen molar-refractivity contribution < 1.29 is 19.5 Å². The number of hydrogen-bond acceptors (Lipinski definition) is 3. The molecule has 0 bridgehead atoms. The van der Waals surface area contributed by atoms with Gasteiger partial charge in [0.15, 0.2) is 0 Å². The lowest BCUT2D eigenvalue weighted by Crippen LogP contribution is -2.44. The number of nitrogens with one attached hydrogen (secondary N) is 2. The summed E-state index contributed by atoms with van der Waals surface area (Å²) in [5, 5.41) is 13.3. The molecule has 1 aromatic rings. The van der Waals surface area contributed by atoms with Crippen molar-refractivity contribution in [1.29, 1.82) is 0 Å². The molecule has 1 heterocycles. The van der Waals surface area contributed by atoms with Gasteiger partial charge < -0.3 is 20.6 Å². The van der Waals surface area contributed by atoms with Gasteiger partial charge >= 0.3 is 12.0 Å². The average molecular weight is 291 g/mol. The zero-order chi connectivity index (χ0) is 15.2. The van der Waals surface area contributed by atoms with Gasteiger partial charge in [0.1, 0.15) is 6.54 Å². The molecule has 0 saturated carbocycles. The minimum absolute atomic E-state index is 0.0256. The van der Waals surface area contributed by atoms with Crippen LogP contribution in [0.4, 0.5) is 4.79 Å². The SMILES string of the molecule is O=C(O)CNC(=O)NC1CC(=O)N(Cc2ccccc2)C1. The molecule has 1 aliphatic heterocycles. The van der Waals surface area contributed by atoms with Gasteiger partial charge in [0.2, 0.25) is 5.91 Å². The molecule has 21 heavy (non-hydrogen) atoms. The first-order chi connectivity index (χ1) is 10.0. The van der Waals surface area contributed by atoms with Crippen molar-refractivity contribution >= 4 is 17.9 Å². The summed E-state index contributed by atoms with van der Waals surface area (Å²) in [6, 6.07) is 8.73. The Bertz CT molecular complexity index is 532. The van der Waals surface area contributed by atoms with E-state index < -0.39 is 18.5 Å². The molecule has 1 saturated heterocycles. The fourth-order valence-corrected chi connectivity index (χ4v) is 2.22. The van der Waals surface area contributed by atoms with Crippen LogP contribution in [-0.2, 0) is 16.1 Å². The molecule has 1 aliphatic rings.